The van der Waals surface area contributed by atoms with Crippen molar-refractivity contribution in [3.05, 3.63) is 58.4 Å². The lowest BCUT2D eigenvalue weighted by Crippen LogP contribution is -2.24. The van der Waals surface area contributed by atoms with E-state index in [0.29, 0.717) is 33.4 Å². The van der Waals surface area contributed by atoms with Gasteiger partial charge < -0.3 is 14.2 Å². The van der Waals surface area contributed by atoms with Crippen LogP contribution in [0.4, 0.5) is 0 Å². The topological polar surface area (TPSA) is 75.5 Å². The first kappa shape index (κ1) is 21.2. The fourth-order valence-electron chi connectivity index (χ4n) is 3.31. The van der Waals surface area contributed by atoms with Crippen LogP contribution in [-0.2, 0) is 6.54 Å². The third-order valence-electron chi connectivity index (χ3n) is 4.85. The molecule has 0 fully saturated rings. The lowest BCUT2D eigenvalue weighted by Gasteiger charge is -2.16. The summed E-state index contributed by atoms with van der Waals surface area (Å²) in [6, 6.07) is 13.0. The summed E-state index contributed by atoms with van der Waals surface area (Å²) < 4.78 is 18.8. The highest BCUT2D eigenvalue weighted by atomic mass is 32.2. The third-order valence-corrected chi connectivity index (χ3v) is 6.78. The Morgan fingerprint density at radius 2 is 1.77 bits per heavy atom. The Labute approximate surface area is 187 Å². The Kier molecular flexibility index (Phi) is 6.15. The van der Waals surface area contributed by atoms with Gasteiger partial charge in [-0.05, 0) is 30.5 Å². The molecule has 160 valence electrons. The van der Waals surface area contributed by atoms with E-state index in [-0.39, 0.29) is 12.1 Å². The van der Waals surface area contributed by atoms with E-state index in [1.54, 1.807) is 32.0 Å². The third kappa shape index (κ3) is 3.98. The second-order valence-electron chi connectivity index (χ2n) is 6.54. The summed E-state index contributed by atoms with van der Waals surface area (Å²) in [6.07, 6.45) is 1.93. The Balaban J connectivity index is 1.97. The molecule has 0 bridgehead atoms. The summed E-state index contributed by atoms with van der Waals surface area (Å²) in [5.41, 5.74) is 1.71. The number of para-hydroxylation sites is 1. The number of methoxy groups -OCH3 is 3. The van der Waals surface area contributed by atoms with Gasteiger partial charge in [-0.15, -0.1) is 0 Å². The molecule has 0 spiro atoms. The van der Waals surface area contributed by atoms with Gasteiger partial charge in [0.15, 0.2) is 14.7 Å². The smallest absolute Gasteiger partial charge is 0.281 e. The molecular weight excluding hydrogens is 434 g/mol. The van der Waals surface area contributed by atoms with Crippen LogP contribution in [0.3, 0.4) is 0 Å². The van der Waals surface area contributed by atoms with Crippen molar-refractivity contribution in [3.8, 4) is 28.6 Å². The molecule has 0 aliphatic carbocycles. The predicted molar refractivity (Wildman–Crippen MR) is 124 cm³/mol. The van der Waals surface area contributed by atoms with E-state index < -0.39 is 0 Å². The largest absolute Gasteiger partial charge is 0.497 e. The molecule has 9 heteroatoms. The minimum absolute atomic E-state index is 0.208. The van der Waals surface area contributed by atoms with Crippen molar-refractivity contribution in [1.29, 1.82) is 0 Å². The zero-order valence-corrected chi connectivity index (χ0v) is 19.2. The maximum Gasteiger partial charge on any atom is 0.281 e. The monoisotopic (exact) mass is 455 g/mol. The molecule has 0 atom stereocenters. The van der Waals surface area contributed by atoms with Crippen LogP contribution in [0, 0.1) is 0 Å². The second kappa shape index (κ2) is 8.99. The minimum Gasteiger partial charge on any atom is -0.497 e. The van der Waals surface area contributed by atoms with Gasteiger partial charge in [-0.3, -0.25) is 9.36 Å². The van der Waals surface area contributed by atoms with E-state index in [9.17, 15) is 4.79 Å². The van der Waals surface area contributed by atoms with E-state index in [1.807, 2.05) is 42.7 Å². The standard InChI is InChI=1S/C22H21N3O4S2/c1-27-14-10-9-13(17(11-14)29-3)12-25-19(15-7-5-6-8-16(15)28-2)24-20-18(21(25)26)23-22(30-4)31-20/h5-11H,12H2,1-4H3. The van der Waals surface area contributed by atoms with Crippen molar-refractivity contribution in [2.75, 3.05) is 27.6 Å². The lowest BCUT2D eigenvalue weighted by atomic mass is 10.1. The van der Waals surface area contributed by atoms with Crippen molar-refractivity contribution >= 4 is 33.4 Å². The van der Waals surface area contributed by atoms with Crippen LogP contribution in [-0.4, -0.2) is 42.1 Å². The average molecular weight is 456 g/mol. The molecule has 0 aliphatic heterocycles. The SMILES string of the molecule is COc1ccc(Cn2c(-c3ccccc3OC)nc3sc(SC)nc3c2=O)c(OC)c1. The van der Waals surface area contributed by atoms with Gasteiger partial charge in [0, 0.05) is 11.6 Å². The first-order valence-corrected chi connectivity index (χ1v) is 11.4. The van der Waals surface area contributed by atoms with Crippen LogP contribution in [0.5, 0.6) is 17.2 Å². The molecule has 4 rings (SSSR count). The summed E-state index contributed by atoms with van der Waals surface area (Å²) in [5, 5.41) is 0. The molecule has 0 aliphatic rings. The molecule has 0 radical (unpaired) electrons. The summed E-state index contributed by atoms with van der Waals surface area (Å²) in [7, 11) is 4.79. The highest BCUT2D eigenvalue weighted by molar-refractivity contribution is 8.00. The first-order valence-electron chi connectivity index (χ1n) is 9.39. The van der Waals surface area contributed by atoms with Crippen molar-refractivity contribution in [1.82, 2.24) is 14.5 Å². The van der Waals surface area contributed by atoms with Crippen LogP contribution in [0.15, 0.2) is 51.6 Å². The highest BCUT2D eigenvalue weighted by Gasteiger charge is 2.20. The molecule has 0 saturated heterocycles. The highest BCUT2D eigenvalue weighted by Crippen LogP contribution is 2.33. The van der Waals surface area contributed by atoms with Crippen molar-refractivity contribution in [2.24, 2.45) is 0 Å². The van der Waals surface area contributed by atoms with Crippen LogP contribution in [0.1, 0.15) is 5.56 Å². The van der Waals surface area contributed by atoms with Crippen molar-refractivity contribution < 1.29 is 14.2 Å². The van der Waals surface area contributed by atoms with Gasteiger partial charge in [-0.2, -0.15) is 0 Å². The summed E-state index contributed by atoms with van der Waals surface area (Å²) in [6.45, 7) is 0.258. The number of thiazole rings is 1. The quantitative estimate of drug-likeness (QED) is 0.384. The Hall–Kier alpha value is -3.04. The lowest BCUT2D eigenvalue weighted by molar-refractivity contribution is 0.390. The molecule has 0 unspecified atom stereocenters. The van der Waals surface area contributed by atoms with Crippen LogP contribution < -0.4 is 19.8 Å². The van der Waals surface area contributed by atoms with Crippen LogP contribution in [0.25, 0.3) is 21.7 Å². The number of nitrogens with zero attached hydrogens (tertiary/aromatic N) is 3. The molecule has 0 N–H and O–H groups in total. The number of fused-ring (bicyclic) bond motifs is 1. The Morgan fingerprint density at radius 3 is 2.48 bits per heavy atom. The maximum absolute atomic E-state index is 13.5. The average Bonchev–Trinajstić information content (AvgIpc) is 3.24. The van der Waals surface area contributed by atoms with E-state index >= 15 is 0 Å². The summed E-state index contributed by atoms with van der Waals surface area (Å²) in [4.78, 5) is 23.4. The van der Waals surface area contributed by atoms with E-state index in [2.05, 4.69) is 4.98 Å². The van der Waals surface area contributed by atoms with Gasteiger partial charge in [0.05, 0.1) is 33.4 Å². The predicted octanol–water partition coefficient (Wildman–Crippen LogP) is 4.32. The molecular formula is C22H21N3O4S2. The second-order valence-corrected chi connectivity index (χ2v) is 8.57. The maximum atomic E-state index is 13.5. The number of ether oxygens (including phenoxy) is 3. The van der Waals surface area contributed by atoms with E-state index in [1.165, 1.54) is 23.1 Å². The zero-order chi connectivity index (χ0) is 22.0. The number of thioether (sulfide) groups is 1. The molecule has 7 nitrogen and oxygen atoms in total. The van der Waals surface area contributed by atoms with Gasteiger partial charge in [0.25, 0.3) is 5.56 Å². The van der Waals surface area contributed by atoms with E-state index in [4.69, 9.17) is 19.2 Å². The molecule has 0 amide bonds. The zero-order valence-electron chi connectivity index (χ0n) is 17.5. The normalized spacial score (nSPS) is 11.0. The Morgan fingerprint density at radius 1 is 1.00 bits per heavy atom. The number of benzene rings is 2. The Bertz CT molecular complexity index is 1300. The molecule has 2 heterocycles. The summed E-state index contributed by atoms with van der Waals surface area (Å²) >= 11 is 2.90. The van der Waals surface area contributed by atoms with E-state index in [0.717, 1.165) is 15.5 Å². The van der Waals surface area contributed by atoms with Crippen LogP contribution >= 0.6 is 23.1 Å². The molecule has 0 saturated carbocycles. The van der Waals surface area contributed by atoms with Crippen molar-refractivity contribution in [2.45, 2.75) is 10.9 Å². The van der Waals surface area contributed by atoms with Gasteiger partial charge in [0.1, 0.15) is 23.1 Å². The number of hydrogen-bond donors (Lipinski definition) is 0. The van der Waals surface area contributed by atoms with Crippen molar-refractivity contribution in [3.63, 3.8) is 0 Å². The summed E-state index contributed by atoms with van der Waals surface area (Å²) in [5.74, 6) is 2.46. The van der Waals surface area contributed by atoms with Gasteiger partial charge in [0.2, 0.25) is 0 Å². The fraction of sp³-hybridized carbons (Fsp3) is 0.227. The number of hydrogen-bond acceptors (Lipinski definition) is 8. The van der Waals surface area contributed by atoms with Gasteiger partial charge >= 0.3 is 0 Å². The van der Waals surface area contributed by atoms with Gasteiger partial charge in [-0.1, -0.05) is 35.2 Å². The van der Waals surface area contributed by atoms with Gasteiger partial charge in [-0.25, -0.2) is 9.97 Å². The molecule has 2 aromatic carbocycles. The number of rotatable bonds is 7. The molecule has 2 aromatic heterocycles. The fourth-order valence-corrected chi connectivity index (χ4v) is 4.73. The minimum atomic E-state index is -0.208. The first-order chi connectivity index (χ1) is 15.1. The molecule has 31 heavy (non-hydrogen) atoms. The number of aromatic nitrogens is 3. The van der Waals surface area contributed by atoms with Crippen LogP contribution in [0.2, 0.25) is 0 Å². The molecule has 4 aromatic rings.